The lowest BCUT2D eigenvalue weighted by Crippen LogP contribution is -2.22. The van der Waals surface area contributed by atoms with Crippen molar-refractivity contribution in [1.82, 2.24) is 14.3 Å². The van der Waals surface area contributed by atoms with Gasteiger partial charge in [0.2, 0.25) is 0 Å². The van der Waals surface area contributed by atoms with Gasteiger partial charge in [-0.05, 0) is 55.0 Å². The quantitative estimate of drug-likeness (QED) is 0.319. The summed E-state index contributed by atoms with van der Waals surface area (Å²) in [7, 11) is -2.25. The average molecular weight is 518 g/mol. The van der Waals surface area contributed by atoms with Crippen LogP contribution in [-0.4, -0.2) is 30.4 Å². The molecule has 0 fully saturated rings. The lowest BCUT2D eigenvalue weighted by molar-refractivity contribution is 0.0951. The number of hydrogen-bond donors (Lipinski definition) is 1. The highest BCUT2D eigenvalue weighted by atomic mass is 32.2. The number of thiophene rings is 1. The Morgan fingerprint density at radius 3 is 2.67 bits per heavy atom. The van der Waals surface area contributed by atoms with Gasteiger partial charge < -0.3 is 10.1 Å². The van der Waals surface area contributed by atoms with Gasteiger partial charge in [-0.2, -0.15) is 0 Å². The molecule has 0 atom stereocenters. The number of nitrogens with one attached hydrogen (secondary N) is 1. The molecule has 0 unspecified atom stereocenters. The van der Waals surface area contributed by atoms with Gasteiger partial charge in [-0.1, -0.05) is 29.8 Å². The topological polar surface area (TPSA) is 90.3 Å². The molecular weight excluding hydrogens is 494 g/mol. The highest BCUT2D eigenvalue weighted by Gasteiger charge is 2.23. The molecule has 0 bridgehead atoms. The summed E-state index contributed by atoms with van der Waals surface area (Å²) in [4.78, 5) is 18.1. The Labute approximate surface area is 213 Å². The number of nitrogens with zero attached hydrogens (tertiary/aromatic N) is 2. The molecule has 0 aliphatic carbocycles. The Balaban J connectivity index is 1.45. The summed E-state index contributed by atoms with van der Waals surface area (Å²) >= 11 is 1.38. The van der Waals surface area contributed by atoms with Crippen molar-refractivity contribution in [2.75, 3.05) is 7.11 Å². The Morgan fingerprint density at radius 2 is 1.89 bits per heavy atom. The molecule has 0 saturated carbocycles. The summed E-state index contributed by atoms with van der Waals surface area (Å²) in [6, 6.07) is 19.6. The van der Waals surface area contributed by atoms with Crippen LogP contribution < -0.4 is 10.1 Å². The summed E-state index contributed by atoms with van der Waals surface area (Å²) in [5.41, 5.74) is 3.44. The van der Waals surface area contributed by atoms with E-state index in [0.717, 1.165) is 21.8 Å². The second kappa shape index (κ2) is 9.60. The Morgan fingerprint density at radius 1 is 1.08 bits per heavy atom. The third-order valence-electron chi connectivity index (χ3n) is 5.82. The van der Waals surface area contributed by atoms with Gasteiger partial charge in [-0.25, -0.2) is 17.4 Å². The van der Waals surface area contributed by atoms with E-state index in [2.05, 4.69) is 10.3 Å². The normalized spacial score (nSPS) is 11.5. The molecule has 1 amide bonds. The number of fused-ring (bicyclic) bond motifs is 1. The Hall–Kier alpha value is -3.95. The van der Waals surface area contributed by atoms with Crippen LogP contribution in [0.1, 0.15) is 21.5 Å². The molecule has 182 valence electrons. The molecule has 0 spiro atoms. The first kappa shape index (κ1) is 23.8. The van der Waals surface area contributed by atoms with E-state index in [1.165, 1.54) is 15.3 Å². The molecule has 3 aromatic heterocycles. The van der Waals surface area contributed by atoms with Gasteiger partial charge in [0.25, 0.3) is 15.9 Å². The molecule has 5 aromatic rings. The Bertz CT molecular complexity index is 1670. The summed E-state index contributed by atoms with van der Waals surface area (Å²) in [6.07, 6.45) is 3.15. The van der Waals surface area contributed by atoms with E-state index in [1.807, 2.05) is 37.3 Å². The van der Waals surface area contributed by atoms with Gasteiger partial charge in [-0.3, -0.25) is 4.79 Å². The van der Waals surface area contributed by atoms with E-state index in [-0.39, 0.29) is 10.8 Å². The molecule has 0 radical (unpaired) electrons. The van der Waals surface area contributed by atoms with E-state index in [1.54, 1.807) is 61.3 Å². The fourth-order valence-electron chi connectivity index (χ4n) is 3.90. The maximum Gasteiger partial charge on any atom is 0.269 e. The SMILES string of the molecule is COc1cccc(CNC(=O)c2csc(-c3cn(S(=O)(=O)c4ccc(C)cc4)c4ncccc34)c2)c1. The van der Waals surface area contributed by atoms with Gasteiger partial charge in [-0.15, -0.1) is 11.3 Å². The highest BCUT2D eigenvalue weighted by molar-refractivity contribution is 7.90. The van der Waals surface area contributed by atoms with Crippen LogP contribution >= 0.6 is 11.3 Å². The largest absolute Gasteiger partial charge is 0.497 e. The zero-order valence-electron chi connectivity index (χ0n) is 19.6. The number of rotatable bonds is 7. The minimum Gasteiger partial charge on any atom is -0.497 e. The molecule has 2 aromatic carbocycles. The van der Waals surface area contributed by atoms with E-state index in [9.17, 15) is 13.2 Å². The van der Waals surface area contributed by atoms with Crippen LogP contribution in [0.5, 0.6) is 5.75 Å². The minimum atomic E-state index is -3.85. The number of aromatic nitrogens is 2. The number of amides is 1. The molecule has 5 rings (SSSR count). The Kier molecular flexibility index (Phi) is 6.34. The lowest BCUT2D eigenvalue weighted by atomic mass is 10.1. The molecule has 3 heterocycles. The van der Waals surface area contributed by atoms with Crippen molar-refractivity contribution in [2.24, 2.45) is 0 Å². The number of methoxy groups -OCH3 is 1. The predicted molar refractivity (Wildman–Crippen MR) is 141 cm³/mol. The van der Waals surface area contributed by atoms with Crippen LogP contribution in [0, 0.1) is 6.92 Å². The standard InChI is InChI=1S/C27H23N3O4S2/c1-18-8-10-22(11-9-18)36(32,33)30-16-24(23-7-4-12-28-26(23)30)25-14-20(17-35-25)27(31)29-15-19-5-3-6-21(13-19)34-2/h3-14,16-17H,15H2,1-2H3,(H,29,31). The first-order valence-electron chi connectivity index (χ1n) is 11.1. The number of pyridine rings is 1. The van der Waals surface area contributed by atoms with Crippen molar-refractivity contribution in [2.45, 2.75) is 18.4 Å². The van der Waals surface area contributed by atoms with Crippen LogP contribution in [0.4, 0.5) is 0 Å². The average Bonchev–Trinajstić information content (AvgIpc) is 3.53. The van der Waals surface area contributed by atoms with Gasteiger partial charge in [0.15, 0.2) is 5.65 Å². The van der Waals surface area contributed by atoms with E-state index in [4.69, 9.17) is 4.74 Å². The van der Waals surface area contributed by atoms with Gasteiger partial charge in [0.1, 0.15) is 5.75 Å². The number of aryl methyl sites for hydroxylation is 1. The zero-order chi connectivity index (χ0) is 25.3. The number of ether oxygens (including phenoxy) is 1. The maximum atomic E-state index is 13.4. The van der Waals surface area contributed by atoms with Crippen molar-refractivity contribution in [3.8, 4) is 16.2 Å². The summed E-state index contributed by atoms with van der Waals surface area (Å²) in [6.45, 7) is 2.27. The van der Waals surface area contributed by atoms with Crippen LogP contribution in [0.25, 0.3) is 21.5 Å². The first-order valence-corrected chi connectivity index (χ1v) is 13.5. The monoisotopic (exact) mass is 517 g/mol. The molecular formula is C27H23N3O4S2. The van der Waals surface area contributed by atoms with Gasteiger partial charge in [0.05, 0.1) is 17.6 Å². The molecule has 0 aliphatic rings. The molecule has 7 nitrogen and oxygen atoms in total. The zero-order valence-corrected chi connectivity index (χ0v) is 21.3. The second-order valence-electron chi connectivity index (χ2n) is 8.27. The summed E-state index contributed by atoms with van der Waals surface area (Å²) in [5.74, 6) is 0.514. The fraction of sp³-hybridized carbons (Fsp3) is 0.111. The van der Waals surface area contributed by atoms with Crippen LogP contribution in [-0.2, 0) is 16.6 Å². The first-order chi connectivity index (χ1) is 17.4. The molecule has 0 saturated heterocycles. The van der Waals surface area contributed by atoms with Crippen molar-refractivity contribution < 1.29 is 17.9 Å². The van der Waals surface area contributed by atoms with Crippen molar-refractivity contribution in [3.05, 3.63) is 101 Å². The predicted octanol–water partition coefficient (Wildman–Crippen LogP) is 5.25. The molecule has 0 aliphatic heterocycles. The third kappa shape index (κ3) is 4.50. The molecule has 9 heteroatoms. The smallest absolute Gasteiger partial charge is 0.269 e. The number of carbonyl (C=O) groups excluding carboxylic acids is 1. The second-order valence-corrected chi connectivity index (χ2v) is 11.0. The highest BCUT2D eigenvalue weighted by Crippen LogP contribution is 2.35. The number of hydrogen-bond acceptors (Lipinski definition) is 6. The minimum absolute atomic E-state index is 0.186. The van der Waals surface area contributed by atoms with Crippen molar-refractivity contribution in [3.63, 3.8) is 0 Å². The van der Waals surface area contributed by atoms with Crippen LogP contribution in [0.15, 0.2) is 89.4 Å². The van der Waals surface area contributed by atoms with E-state index in [0.29, 0.717) is 28.7 Å². The van der Waals surface area contributed by atoms with Crippen molar-refractivity contribution >= 4 is 38.3 Å². The molecule has 36 heavy (non-hydrogen) atoms. The van der Waals surface area contributed by atoms with E-state index < -0.39 is 10.0 Å². The summed E-state index contributed by atoms with van der Waals surface area (Å²) < 4.78 is 33.3. The van der Waals surface area contributed by atoms with Gasteiger partial charge >= 0.3 is 0 Å². The lowest BCUT2D eigenvalue weighted by Gasteiger charge is -2.07. The van der Waals surface area contributed by atoms with Crippen LogP contribution in [0.3, 0.4) is 0 Å². The maximum absolute atomic E-state index is 13.4. The number of benzene rings is 2. The third-order valence-corrected chi connectivity index (χ3v) is 8.45. The van der Waals surface area contributed by atoms with Crippen LogP contribution in [0.2, 0.25) is 0 Å². The summed E-state index contributed by atoms with van der Waals surface area (Å²) in [5, 5.41) is 5.38. The molecule has 1 N–H and O–H groups in total. The van der Waals surface area contributed by atoms with Crippen molar-refractivity contribution in [1.29, 1.82) is 0 Å². The van der Waals surface area contributed by atoms with E-state index >= 15 is 0 Å². The number of carbonyl (C=O) groups is 1. The van der Waals surface area contributed by atoms with Gasteiger partial charge in [0, 0.05) is 40.1 Å². The fourth-order valence-corrected chi connectivity index (χ4v) is 6.14.